The summed E-state index contributed by atoms with van der Waals surface area (Å²) in [6.07, 6.45) is 3.74. The maximum Gasteiger partial charge on any atom is 0.277 e. The predicted molar refractivity (Wildman–Crippen MR) is 100 cm³/mol. The van der Waals surface area contributed by atoms with E-state index in [0.29, 0.717) is 23.9 Å². The van der Waals surface area contributed by atoms with Crippen LogP contribution in [0.3, 0.4) is 0 Å². The Bertz CT molecular complexity index is 931. The van der Waals surface area contributed by atoms with Crippen molar-refractivity contribution in [2.45, 2.75) is 33.2 Å². The van der Waals surface area contributed by atoms with E-state index in [-0.39, 0.29) is 23.6 Å². The molecule has 0 aliphatic carbocycles. The molecule has 2 heterocycles. The average molecular weight is 372 g/mol. The molecule has 0 saturated heterocycles. The molecule has 0 aliphatic heterocycles. The van der Waals surface area contributed by atoms with Crippen LogP contribution in [0.25, 0.3) is 10.1 Å². The summed E-state index contributed by atoms with van der Waals surface area (Å²) in [6.45, 7) is 5.53. The van der Waals surface area contributed by atoms with Gasteiger partial charge >= 0.3 is 0 Å². The zero-order valence-corrected chi connectivity index (χ0v) is 15.6. The molecule has 0 radical (unpaired) electrons. The summed E-state index contributed by atoms with van der Waals surface area (Å²) in [5.41, 5.74) is 0.829. The SMILES string of the molecule is CC(=O)N[C@@H](CC(C)C)c1nc(C(=O)Nc2ccc3sncc3c2)co1. The van der Waals surface area contributed by atoms with E-state index in [4.69, 9.17) is 4.42 Å². The fourth-order valence-electron chi connectivity index (χ4n) is 2.64. The van der Waals surface area contributed by atoms with Gasteiger partial charge in [0.2, 0.25) is 11.8 Å². The van der Waals surface area contributed by atoms with Gasteiger partial charge in [0, 0.05) is 24.2 Å². The summed E-state index contributed by atoms with van der Waals surface area (Å²) < 4.78 is 10.6. The lowest BCUT2D eigenvalue weighted by Crippen LogP contribution is -2.27. The van der Waals surface area contributed by atoms with E-state index in [1.165, 1.54) is 24.7 Å². The molecule has 2 amide bonds. The summed E-state index contributed by atoms with van der Waals surface area (Å²) in [5, 5.41) is 6.58. The van der Waals surface area contributed by atoms with Crippen LogP contribution in [0.15, 0.2) is 35.1 Å². The van der Waals surface area contributed by atoms with Crippen LogP contribution in [-0.4, -0.2) is 21.2 Å². The Kier molecular flexibility index (Phi) is 5.32. The molecule has 7 nitrogen and oxygen atoms in total. The maximum absolute atomic E-state index is 12.4. The molecule has 0 spiro atoms. The van der Waals surface area contributed by atoms with E-state index in [2.05, 4.69) is 20.0 Å². The van der Waals surface area contributed by atoms with E-state index in [1.807, 2.05) is 32.0 Å². The number of benzene rings is 1. The van der Waals surface area contributed by atoms with Crippen molar-refractivity contribution in [2.24, 2.45) is 5.92 Å². The molecule has 1 aromatic carbocycles. The fourth-order valence-corrected chi connectivity index (χ4v) is 3.26. The van der Waals surface area contributed by atoms with Crippen molar-refractivity contribution >= 4 is 39.1 Å². The monoisotopic (exact) mass is 372 g/mol. The highest BCUT2D eigenvalue weighted by Crippen LogP contribution is 2.23. The van der Waals surface area contributed by atoms with Crippen LogP contribution < -0.4 is 10.6 Å². The molecule has 2 aromatic heterocycles. The Morgan fingerprint density at radius 3 is 2.85 bits per heavy atom. The molecule has 3 aromatic rings. The Morgan fingerprint density at radius 2 is 2.12 bits per heavy atom. The molecule has 136 valence electrons. The summed E-state index contributed by atoms with van der Waals surface area (Å²) in [4.78, 5) is 28.1. The highest BCUT2D eigenvalue weighted by Gasteiger charge is 2.22. The van der Waals surface area contributed by atoms with Gasteiger partial charge in [0.15, 0.2) is 5.69 Å². The van der Waals surface area contributed by atoms with Gasteiger partial charge in [-0.05, 0) is 42.1 Å². The zero-order chi connectivity index (χ0) is 18.7. The van der Waals surface area contributed by atoms with Crippen LogP contribution in [-0.2, 0) is 4.79 Å². The first-order valence-corrected chi connectivity index (χ1v) is 9.08. The number of carbonyl (C=O) groups is 2. The molecule has 0 aliphatic rings. The lowest BCUT2D eigenvalue weighted by atomic mass is 10.0. The van der Waals surface area contributed by atoms with Crippen LogP contribution >= 0.6 is 11.5 Å². The minimum Gasteiger partial charge on any atom is -0.446 e. The lowest BCUT2D eigenvalue weighted by molar-refractivity contribution is -0.120. The van der Waals surface area contributed by atoms with E-state index in [1.54, 1.807) is 6.20 Å². The van der Waals surface area contributed by atoms with Crippen LogP contribution in [0.2, 0.25) is 0 Å². The number of nitrogens with zero attached hydrogens (tertiary/aromatic N) is 2. The third-order valence-corrected chi connectivity index (χ3v) is 4.53. The highest BCUT2D eigenvalue weighted by atomic mass is 32.1. The quantitative estimate of drug-likeness (QED) is 0.687. The fraction of sp³-hybridized carbons (Fsp3) is 0.333. The topological polar surface area (TPSA) is 97.1 Å². The second kappa shape index (κ2) is 7.65. The molecule has 0 saturated carbocycles. The van der Waals surface area contributed by atoms with E-state index < -0.39 is 0 Å². The average Bonchev–Trinajstić information content (AvgIpc) is 3.22. The van der Waals surface area contributed by atoms with E-state index in [0.717, 1.165) is 10.1 Å². The molecule has 26 heavy (non-hydrogen) atoms. The molecule has 3 rings (SSSR count). The number of oxazole rings is 1. The highest BCUT2D eigenvalue weighted by molar-refractivity contribution is 7.13. The minimum atomic E-state index is -0.367. The number of fused-ring (bicyclic) bond motifs is 1. The molecule has 0 bridgehead atoms. The first-order chi connectivity index (χ1) is 12.4. The van der Waals surface area contributed by atoms with Crippen molar-refractivity contribution in [1.82, 2.24) is 14.7 Å². The number of hydrogen-bond acceptors (Lipinski definition) is 6. The van der Waals surface area contributed by atoms with Gasteiger partial charge in [0.05, 0.1) is 4.70 Å². The van der Waals surface area contributed by atoms with Gasteiger partial charge < -0.3 is 15.1 Å². The predicted octanol–water partition coefficient (Wildman–Crippen LogP) is 3.76. The zero-order valence-electron chi connectivity index (χ0n) is 14.8. The number of carbonyl (C=O) groups excluding carboxylic acids is 2. The van der Waals surface area contributed by atoms with Crippen LogP contribution in [0.4, 0.5) is 5.69 Å². The summed E-state index contributed by atoms with van der Waals surface area (Å²) in [5.74, 6) is 0.129. The van der Waals surface area contributed by atoms with Crippen LogP contribution in [0.1, 0.15) is 49.6 Å². The molecule has 0 fully saturated rings. The third kappa shape index (κ3) is 4.26. The van der Waals surface area contributed by atoms with Gasteiger partial charge in [0.25, 0.3) is 5.91 Å². The number of nitrogens with one attached hydrogen (secondary N) is 2. The number of anilines is 1. The summed E-state index contributed by atoms with van der Waals surface area (Å²) in [7, 11) is 0. The normalized spacial score (nSPS) is 12.3. The van der Waals surface area contributed by atoms with Crippen molar-refractivity contribution in [3.8, 4) is 0 Å². The second-order valence-electron chi connectivity index (χ2n) is 6.49. The summed E-state index contributed by atoms with van der Waals surface area (Å²) in [6, 6.07) is 5.23. The van der Waals surface area contributed by atoms with Gasteiger partial charge in [-0.25, -0.2) is 4.98 Å². The standard InChI is InChI=1S/C18H20N4O3S/c1-10(2)6-14(20-11(3)23)18-22-15(9-25-18)17(24)21-13-4-5-16-12(7-13)8-19-26-16/h4-5,7-10,14H,6H2,1-3H3,(H,20,23)(H,21,24)/t14-/m0/s1. The first-order valence-electron chi connectivity index (χ1n) is 8.30. The number of amides is 2. The maximum atomic E-state index is 12.4. The number of hydrogen-bond donors (Lipinski definition) is 2. The van der Waals surface area contributed by atoms with Crippen molar-refractivity contribution in [3.05, 3.63) is 42.2 Å². The summed E-state index contributed by atoms with van der Waals surface area (Å²) >= 11 is 1.40. The molecule has 0 unspecified atom stereocenters. The molecular formula is C18H20N4O3S. The van der Waals surface area contributed by atoms with Gasteiger partial charge in [-0.1, -0.05) is 13.8 Å². The Labute approximate surface area is 155 Å². The smallest absolute Gasteiger partial charge is 0.277 e. The van der Waals surface area contributed by atoms with Crippen molar-refractivity contribution in [3.63, 3.8) is 0 Å². The molecule has 2 N–H and O–H groups in total. The molecule has 1 atom stereocenters. The number of rotatable bonds is 6. The molecular weight excluding hydrogens is 352 g/mol. The third-order valence-electron chi connectivity index (χ3n) is 3.75. The Balaban J connectivity index is 1.74. The Morgan fingerprint density at radius 1 is 1.31 bits per heavy atom. The van der Waals surface area contributed by atoms with Crippen molar-refractivity contribution in [1.29, 1.82) is 0 Å². The van der Waals surface area contributed by atoms with Gasteiger partial charge in [0.1, 0.15) is 12.3 Å². The van der Waals surface area contributed by atoms with Crippen molar-refractivity contribution in [2.75, 3.05) is 5.32 Å². The minimum absolute atomic E-state index is 0.169. The van der Waals surface area contributed by atoms with E-state index >= 15 is 0 Å². The molecule has 8 heteroatoms. The largest absolute Gasteiger partial charge is 0.446 e. The Hall–Kier alpha value is -2.74. The van der Waals surface area contributed by atoms with Crippen molar-refractivity contribution < 1.29 is 14.0 Å². The van der Waals surface area contributed by atoms with Gasteiger partial charge in [-0.15, -0.1) is 0 Å². The first kappa shape index (κ1) is 18.1. The van der Waals surface area contributed by atoms with Gasteiger partial charge in [-0.2, -0.15) is 4.37 Å². The second-order valence-corrected chi connectivity index (χ2v) is 7.32. The van der Waals surface area contributed by atoms with Crippen LogP contribution in [0.5, 0.6) is 0 Å². The van der Waals surface area contributed by atoms with E-state index in [9.17, 15) is 9.59 Å². The van der Waals surface area contributed by atoms with Crippen LogP contribution in [0, 0.1) is 5.92 Å². The number of aromatic nitrogens is 2. The lowest BCUT2D eigenvalue weighted by Gasteiger charge is -2.16. The van der Waals surface area contributed by atoms with Gasteiger partial charge in [-0.3, -0.25) is 9.59 Å².